The highest BCUT2D eigenvalue weighted by molar-refractivity contribution is 5.34. The van der Waals surface area contributed by atoms with Crippen LogP contribution in [0.25, 0.3) is 0 Å². The summed E-state index contributed by atoms with van der Waals surface area (Å²) < 4.78 is 0. The van der Waals surface area contributed by atoms with E-state index >= 15 is 0 Å². The highest BCUT2D eigenvalue weighted by Gasteiger charge is 2.69. The van der Waals surface area contributed by atoms with Gasteiger partial charge in [-0.1, -0.05) is 53.2 Å². The minimum Gasteiger partial charge on any atom is -0.396 e. The standard InChI is InChI=1S/C30H50O4/c1-25(2)13-15-30(24(33)34)16-14-28(5)19(20(30)17-25)7-8-22-26(3)11-10-23(32)27(4,18-31)21(26)9-12-29(22,28)6/h7,20-24,31-34H,8-18H2,1-6H3/t20-,21+,22+,23-,26-,27-,28+,29+,30-/m0/s1. The molecule has 0 aromatic carbocycles. The van der Waals surface area contributed by atoms with E-state index < -0.39 is 23.2 Å². The Kier molecular flexibility index (Phi) is 5.61. The second-order valence-electron chi connectivity index (χ2n) is 15.0. The Labute approximate surface area is 207 Å². The fourth-order valence-electron chi connectivity index (χ4n) is 10.8. The zero-order valence-corrected chi connectivity index (χ0v) is 22.5. The summed E-state index contributed by atoms with van der Waals surface area (Å²) in [6, 6.07) is 0. The lowest BCUT2D eigenvalue weighted by atomic mass is 9.33. The molecule has 0 saturated heterocycles. The molecule has 4 heteroatoms. The maximum Gasteiger partial charge on any atom is 0.157 e. The fourth-order valence-corrected chi connectivity index (χ4v) is 10.8. The second kappa shape index (κ2) is 7.55. The van der Waals surface area contributed by atoms with Gasteiger partial charge in [-0.2, -0.15) is 0 Å². The number of fused-ring (bicyclic) bond motifs is 7. The average Bonchev–Trinajstić information content (AvgIpc) is 2.76. The van der Waals surface area contributed by atoms with Gasteiger partial charge in [0.2, 0.25) is 0 Å². The van der Waals surface area contributed by atoms with Gasteiger partial charge in [0.1, 0.15) is 0 Å². The first-order valence-corrected chi connectivity index (χ1v) is 14.1. The molecule has 0 spiro atoms. The van der Waals surface area contributed by atoms with Crippen LogP contribution in [0.2, 0.25) is 0 Å². The van der Waals surface area contributed by atoms with Gasteiger partial charge in [-0.05, 0) is 104 Å². The third-order valence-corrected chi connectivity index (χ3v) is 13.3. The molecule has 0 heterocycles. The minimum atomic E-state index is -1.25. The summed E-state index contributed by atoms with van der Waals surface area (Å²) in [5.74, 6) is 1.10. The maximum absolute atomic E-state index is 10.9. The lowest BCUT2D eigenvalue weighted by Crippen LogP contribution is -2.66. The van der Waals surface area contributed by atoms with Crippen LogP contribution in [0.4, 0.5) is 0 Å². The Bertz CT molecular complexity index is 864. The van der Waals surface area contributed by atoms with E-state index in [-0.39, 0.29) is 34.2 Å². The van der Waals surface area contributed by atoms with E-state index in [0.29, 0.717) is 11.8 Å². The molecule has 0 bridgehead atoms. The van der Waals surface area contributed by atoms with Crippen molar-refractivity contribution in [3.63, 3.8) is 0 Å². The third-order valence-electron chi connectivity index (χ3n) is 13.3. The number of aliphatic hydroxyl groups is 4. The van der Waals surface area contributed by atoms with Crippen molar-refractivity contribution in [2.24, 2.45) is 50.2 Å². The molecule has 0 unspecified atom stereocenters. The molecule has 4 fully saturated rings. The van der Waals surface area contributed by atoms with E-state index in [1.165, 1.54) is 5.57 Å². The molecule has 0 aliphatic heterocycles. The summed E-state index contributed by atoms with van der Waals surface area (Å²) in [7, 11) is 0. The highest BCUT2D eigenvalue weighted by Crippen LogP contribution is 2.75. The van der Waals surface area contributed by atoms with Gasteiger partial charge in [-0.3, -0.25) is 0 Å². The molecule has 194 valence electrons. The van der Waals surface area contributed by atoms with E-state index in [1.807, 2.05) is 0 Å². The fraction of sp³-hybridized carbons (Fsp3) is 0.933. The zero-order valence-electron chi connectivity index (χ0n) is 22.5. The van der Waals surface area contributed by atoms with Crippen LogP contribution in [0.15, 0.2) is 11.6 Å². The van der Waals surface area contributed by atoms with Crippen molar-refractivity contribution in [1.29, 1.82) is 0 Å². The molecule has 5 rings (SSSR count). The van der Waals surface area contributed by atoms with Crippen LogP contribution in [0, 0.1) is 50.2 Å². The van der Waals surface area contributed by atoms with Crippen molar-refractivity contribution >= 4 is 0 Å². The van der Waals surface area contributed by atoms with Crippen LogP contribution in [-0.4, -0.2) is 39.4 Å². The number of hydrogen-bond donors (Lipinski definition) is 4. The van der Waals surface area contributed by atoms with Gasteiger partial charge < -0.3 is 20.4 Å². The highest BCUT2D eigenvalue weighted by atomic mass is 16.5. The molecular weight excluding hydrogens is 424 g/mol. The number of aliphatic hydroxyl groups excluding tert-OH is 3. The molecule has 0 aromatic heterocycles. The molecule has 0 amide bonds. The van der Waals surface area contributed by atoms with E-state index in [0.717, 1.165) is 64.2 Å². The molecule has 9 atom stereocenters. The van der Waals surface area contributed by atoms with E-state index in [1.54, 1.807) is 0 Å². The summed E-state index contributed by atoms with van der Waals surface area (Å²) in [6.45, 7) is 14.4. The second-order valence-corrected chi connectivity index (χ2v) is 15.0. The molecule has 5 aliphatic carbocycles. The van der Waals surface area contributed by atoms with Gasteiger partial charge in [-0.15, -0.1) is 0 Å². The van der Waals surface area contributed by atoms with Crippen molar-refractivity contribution in [2.45, 2.75) is 118 Å². The van der Waals surface area contributed by atoms with Crippen LogP contribution < -0.4 is 0 Å². The van der Waals surface area contributed by atoms with Crippen LogP contribution >= 0.6 is 0 Å². The topological polar surface area (TPSA) is 80.9 Å². The largest absolute Gasteiger partial charge is 0.396 e. The van der Waals surface area contributed by atoms with Crippen molar-refractivity contribution in [1.82, 2.24) is 0 Å². The van der Waals surface area contributed by atoms with Crippen molar-refractivity contribution < 1.29 is 20.4 Å². The monoisotopic (exact) mass is 474 g/mol. The normalized spacial score (nSPS) is 54.4. The summed E-state index contributed by atoms with van der Waals surface area (Å²) in [4.78, 5) is 0. The first-order chi connectivity index (χ1) is 15.7. The quantitative estimate of drug-likeness (QED) is 0.318. The maximum atomic E-state index is 10.9. The van der Waals surface area contributed by atoms with Crippen LogP contribution in [0.3, 0.4) is 0 Å². The van der Waals surface area contributed by atoms with Gasteiger partial charge in [0.05, 0.1) is 12.7 Å². The predicted octanol–water partition coefficient (Wildman–Crippen LogP) is 5.43. The minimum absolute atomic E-state index is 0.0598. The molecular formula is C30H50O4. The molecule has 34 heavy (non-hydrogen) atoms. The Morgan fingerprint density at radius 1 is 0.882 bits per heavy atom. The Morgan fingerprint density at radius 2 is 1.56 bits per heavy atom. The smallest absolute Gasteiger partial charge is 0.157 e. The van der Waals surface area contributed by atoms with Crippen LogP contribution in [0.1, 0.15) is 106 Å². The summed E-state index contributed by atoms with van der Waals surface area (Å²) >= 11 is 0. The summed E-state index contributed by atoms with van der Waals surface area (Å²) in [6.07, 6.45) is 10.9. The number of rotatable bonds is 2. The van der Waals surface area contributed by atoms with Crippen molar-refractivity contribution in [2.75, 3.05) is 6.61 Å². The van der Waals surface area contributed by atoms with Gasteiger partial charge in [0.25, 0.3) is 0 Å². The Balaban J connectivity index is 1.59. The molecule has 0 radical (unpaired) electrons. The average molecular weight is 475 g/mol. The van der Waals surface area contributed by atoms with E-state index in [2.05, 4.69) is 47.6 Å². The zero-order chi connectivity index (χ0) is 24.9. The summed E-state index contributed by atoms with van der Waals surface area (Å²) in [5, 5.41) is 42.7. The number of hydrogen-bond acceptors (Lipinski definition) is 4. The van der Waals surface area contributed by atoms with E-state index in [9.17, 15) is 20.4 Å². The molecule has 0 aromatic rings. The lowest BCUT2D eigenvalue weighted by Gasteiger charge is -2.71. The number of allylic oxidation sites excluding steroid dienone is 2. The van der Waals surface area contributed by atoms with Gasteiger partial charge in [0.15, 0.2) is 6.29 Å². The molecule has 5 aliphatic rings. The van der Waals surface area contributed by atoms with E-state index in [4.69, 9.17) is 0 Å². The van der Waals surface area contributed by atoms with Crippen molar-refractivity contribution in [3.05, 3.63) is 11.6 Å². The Hall–Kier alpha value is -0.420. The van der Waals surface area contributed by atoms with Gasteiger partial charge in [0, 0.05) is 10.8 Å². The van der Waals surface area contributed by atoms with Crippen LogP contribution in [0.5, 0.6) is 0 Å². The Morgan fingerprint density at radius 3 is 2.21 bits per heavy atom. The molecule has 4 nitrogen and oxygen atoms in total. The SMILES string of the molecule is CC1(C)CC[C@]2(C(O)O)CC[C@]3(C)C(=CC[C@@H]4[C@@]5(C)CC[C@H](O)[C@@](C)(CO)[C@@H]5CC[C@]43C)[C@@H]2C1. The first-order valence-electron chi connectivity index (χ1n) is 14.1. The van der Waals surface area contributed by atoms with Crippen LogP contribution in [-0.2, 0) is 0 Å². The van der Waals surface area contributed by atoms with Gasteiger partial charge in [-0.25, -0.2) is 0 Å². The first kappa shape index (κ1) is 25.2. The molecule has 4 N–H and O–H groups in total. The third kappa shape index (κ3) is 2.98. The van der Waals surface area contributed by atoms with Crippen molar-refractivity contribution in [3.8, 4) is 0 Å². The molecule has 4 saturated carbocycles. The van der Waals surface area contributed by atoms with Gasteiger partial charge >= 0.3 is 0 Å². The predicted molar refractivity (Wildman–Crippen MR) is 135 cm³/mol. The summed E-state index contributed by atoms with van der Waals surface area (Å²) in [5.41, 5.74) is 1.25. The lowest BCUT2D eigenvalue weighted by molar-refractivity contribution is -0.231.